The fourth-order valence-electron chi connectivity index (χ4n) is 1.05. The standard InChI is InChI=1S/C9H14N4O2/c1-13(4-3-9(14)15-2)8-5-7(10)11-6-12-8/h5-6H,3-4H2,1-2H3,(H2,10,11,12). The molecule has 1 aromatic rings. The molecule has 15 heavy (non-hydrogen) atoms. The van der Waals surface area contributed by atoms with Crippen LogP contribution in [0.25, 0.3) is 0 Å². The predicted molar refractivity (Wildman–Crippen MR) is 56.3 cm³/mol. The van der Waals surface area contributed by atoms with Gasteiger partial charge in [-0.2, -0.15) is 0 Å². The minimum absolute atomic E-state index is 0.246. The fourth-order valence-corrected chi connectivity index (χ4v) is 1.05. The SMILES string of the molecule is COC(=O)CCN(C)c1cc(N)ncn1. The van der Waals surface area contributed by atoms with Crippen LogP contribution >= 0.6 is 0 Å². The third-order valence-electron chi connectivity index (χ3n) is 1.94. The molecule has 1 rings (SSSR count). The second kappa shape index (κ2) is 5.14. The van der Waals surface area contributed by atoms with E-state index in [9.17, 15) is 4.79 Å². The number of rotatable bonds is 4. The number of ether oxygens (including phenoxy) is 1. The molecule has 1 aromatic heterocycles. The number of carbonyl (C=O) groups is 1. The van der Waals surface area contributed by atoms with E-state index < -0.39 is 0 Å². The number of carbonyl (C=O) groups excluding carboxylic acids is 1. The Morgan fingerprint density at radius 1 is 1.60 bits per heavy atom. The van der Waals surface area contributed by atoms with Gasteiger partial charge in [0, 0.05) is 19.7 Å². The van der Waals surface area contributed by atoms with Crippen molar-refractivity contribution >= 4 is 17.6 Å². The van der Waals surface area contributed by atoms with Crippen LogP contribution in [-0.4, -0.2) is 36.6 Å². The summed E-state index contributed by atoms with van der Waals surface area (Å²) in [5, 5.41) is 0. The zero-order chi connectivity index (χ0) is 11.3. The fraction of sp³-hybridized carbons (Fsp3) is 0.444. The smallest absolute Gasteiger partial charge is 0.307 e. The van der Waals surface area contributed by atoms with E-state index in [-0.39, 0.29) is 5.97 Å². The van der Waals surface area contributed by atoms with Crippen LogP contribution < -0.4 is 10.6 Å². The van der Waals surface area contributed by atoms with Crippen molar-refractivity contribution < 1.29 is 9.53 Å². The third-order valence-corrected chi connectivity index (χ3v) is 1.94. The Bertz CT molecular complexity index is 343. The molecule has 0 atom stereocenters. The Morgan fingerprint density at radius 2 is 2.33 bits per heavy atom. The molecule has 2 N–H and O–H groups in total. The molecule has 1 heterocycles. The van der Waals surface area contributed by atoms with Crippen molar-refractivity contribution in [3.8, 4) is 0 Å². The summed E-state index contributed by atoms with van der Waals surface area (Å²) in [6.07, 6.45) is 1.70. The van der Waals surface area contributed by atoms with E-state index in [4.69, 9.17) is 5.73 Å². The molecule has 0 aliphatic heterocycles. The number of hydrogen-bond acceptors (Lipinski definition) is 6. The Morgan fingerprint density at radius 3 is 2.93 bits per heavy atom. The molecule has 0 aliphatic carbocycles. The lowest BCUT2D eigenvalue weighted by atomic mass is 10.4. The highest BCUT2D eigenvalue weighted by molar-refractivity contribution is 5.69. The maximum absolute atomic E-state index is 10.9. The van der Waals surface area contributed by atoms with Gasteiger partial charge in [0.1, 0.15) is 18.0 Å². The summed E-state index contributed by atoms with van der Waals surface area (Å²) in [6, 6.07) is 1.65. The van der Waals surface area contributed by atoms with Crippen LogP contribution in [0.2, 0.25) is 0 Å². The number of nitrogens with two attached hydrogens (primary N) is 1. The van der Waals surface area contributed by atoms with Gasteiger partial charge in [-0.1, -0.05) is 0 Å². The average Bonchev–Trinajstić information content (AvgIpc) is 2.25. The summed E-state index contributed by atoms with van der Waals surface area (Å²) in [5.74, 6) is 0.847. The van der Waals surface area contributed by atoms with E-state index in [1.165, 1.54) is 13.4 Å². The molecular formula is C9H14N4O2. The van der Waals surface area contributed by atoms with Crippen LogP contribution in [0.4, 0.5) is 11.6 Å². The van der Waals surface area contributed by atoms with Gasteiger partial charge in [-0.25, -0.2) is 9.97 Å². The van der Waals surface area contributed by atoms with Crippen molar-refractivity contribution in [2.24, 2.45) is 0 Å². The first-order chi connectivity index (χ1) is 7.13. The Balaban J connectivity index is 2.53. The van der Waals surface area contributed by atoms with Crippen molar-refractivity contribution in [2.75, 3.05) is 31.3 Å². The van der Waals surface area contributed by atoms with Gasteiger partial charge in [0.05, 0.1) is 13.5 Å². The maximum Gasteiger partial charge on any atom is 0.307 e. The predicted octanol–water partition coefficient (Wildman–Crippen LogP) is 0.0581. The van der Waals surface area contributed by atoms with Gasteiger partial charge in [-0.3, -0.25) is 4.79 Å². The highest BCUT2D eigenvalue weighted by atomic mass is 16.5. The van der Waals surface area contributed by atoms with E-state index in [0.717, 1.165) is 0 Å². The Labute approximate surface area is 88.1 Å². The average molecular weight is 210 g/mol. The van der Waals surface area contributed by atoms with E-state index in [0.29, 0.717) is 24.6 Å². The van der Waals surface area contributed by atoms with Gasteiger partial charge in [0.15, 0.2) is 0 Å². The van der Waals surface area contributed by atoms with Crippen molar-refractivity contribution in [3.05, 3.63) is 12.4 Å². The van der Waals surface area contributed by atoms with Crippen LogP contribution in [0.15, 0.2) is 12.4 Å². The number of nitrogen functional groups attached to an aromatic ring is 1. The molecular weight excluding hydrogens is 196 g/mol. The Hall–Kier alpha value is -1.85. The molecule has 82 valence electrons. The third kappa shape index (κ3) is 3.41. The monoisotopic (exact) mass is 210 g/mol. The van der Waals surface area contributed by atoms with Crippen molar-refractivity contribution in [1.82, 2.24) is 9.97 Å². The van der Waals surface area contributed by atoms with Crippen LogP contribution in [0.5, 0.6) is 0 Å². The summed E-state index contributed by atoms with van der Waals surface area (Å²) < 4.78 is 4.54. The normalized spacial score (nSPS) is 9.73. The van der Waals surface area contributed by atoms with Gasteiger partial charge in [-0.05, 0) is 0 Å². The van der Waals surface area contributed by atoms with Crippen LogP contribution in [0.3, 0.4) is 0 Å². The number of hydrogen-bond donors (Lipinski definition) is 1. The molecule has 0 fully saturated rings. The molecule has 0 unspecified atom stereocenters. The lowest BCUT2D eigenvalue weighted by molar-refractivity contribution is -0.140. The number of esters is 1. The largest absolute Gasteiger partial charge is 0.469 e. The molecule has 6 heteroatoms. The topological polar surface area (TPSA) is 81.3 Å². The summed E-state index contributed by atoms with van der Waals surface area (Å²) in [4.78, 5) is 20.5. The first kappa shape index (κ1) is 11.2. The number of nitrogens with zero attached hydrogens (tertiary/aromatic N) is 3. The number of methoxy groups -OCH3 is 1. The van der Waals surface area contributed by atoms with Crippen molar-refractivity contribution in [2.45, 2.75) is 6.42 Å². The molecule has 0 aromatic carbocycles. The lowest BCUT2D eigenvalue weighted by Gasteiger charge is -2.16. The highest BCUT2D eigenvalue weighted by Gasteiger charge is 2.06. The van der Waals surface area contributed by atoms with E-state index in [1.54, 1.807) is 6.07 Å². The number of anilines is 2. The van der Waals surface area contributed by atoms with Gasteiger partial charge in [0.2, 0.25) is 0 Å². The van der Waals surface area contributed by atoms with Gasteiger partial charge in [0.25, 0.3) is 0 Å². The first-order valence-corrected chi connectivity index (χ1v) is 4.49. The van der Waals surface area contributed by atoms with Crippen molar-refractivity contribution in [3.63, 3.8) is 0 Å². The molecule has 6 nitrogen and oxygen atoms in total. The first-order valence-electron chi connectivity index (χ1n) is 4.49. The van der Waals surface area contributed by atoms with E-state index in [1.807, 2.05) is 11.9 Å². The van der Waals surface area contributed by atoms with Crippen molar-refractivity contribution in [1.29, 1.82) is 0 Å². The molecule has 0 spiro atoms. The van der Waals surface area contributed by atoms with Gasteiger partial charge < -0.3 is 15.4 Å². The summed E-state index contributed by atoms with van der Waals surface area (Å²) in [5.41, 5.74) is 5.51. The van der Waals surface area contributed by atoms with Gasteiger partial charge in [-0.15, -0.1) is 0 Å². The zero-order valence-corrected chi connectivity index (χ0v) is 8.80. The van der Waals surface area contributed by atoms with Gasteiger partial charge >= 0.3 is 5.97 Å². The minimum atomic E-state index is -0.246. The lowest BCUT2D eigenvalue weighted by Crippen LogP contribution is -2.22. The van der Waals surface area contributed by atoms with Crippen LogP contribution in [-0.2, 0) is 9.53 Å². The molecule has 0 radical (unpaired) electrons. The Kier molecular flexibility index (Phi) is 3.84. The van der Waals surface area contributed by atoms with Crippen LogP contribution in [0, 0.1) is 0 Å². The molecule has 0 saturated heterocycles. The minimum Gasteiger partial charge on any atom is -0.469 e. The maximum atomic E-state index is 10.9. The molecule has 0 saturated carbocycles. The highest BCUT2D eigenvalue weighted by Crippen LogP contribution is 2.10. The number of aromatic nitrogens is 2. The van der Waals surface area contributed by atoms with E-state index in [2.05, 4.69) is 14.7 Å². The summed E-state index contributed by atoms with van der Waals surface area (Å²) >= 11 is 0. The summed E-state index contributed by atoms with van der Waals surface area (Å²) in [6.45, 7) is 0.531. The molecule has 0 aliphatic rings. The van der Waals surface area contributed by atoms with E-state index >= 15 is 0 Å². The molecule has 0 amide bonds. The second-order valence-electron chi connectivity index (χ2n) is 3.05. The summed E-state index contributed by atoms with van der Waals surface area (Å²) in [7, 11) is 3.19. The quantitative estimate of drug-likeness (QED) is 0.707. The molecule has 0 bridgehead atoms. The van der Waals surface area contributed by atoms with Crippen LogP contribution in [0.1, 0.15) is 6.42 Å². The second-order valence-corrected chi connectivity index (χ2v) is 3.05. The zero-order valence-electron chi connectivity index (χ0n) is 8.80.